The Morgan fingerprint density at radius 2 is 1.23 bits per heavy atom. The quantitative estimate of drug-likeness (QED) is 0.107. The molecule has 1 saturated carbocycles. The lowest BCUT2D eigenvalue weighted by Gasteiger charge is -2.38. The molecular formula is C36H60N6O10. The number of likely N-dealkylation sites (tertiary alicyclic amines) is 2. The van der Waals surface area contributed by atoms with Crippen molar-refractivity contribution in [3.63, 3.8) is 0 Å². The molecule has 294 valence electrons. The first-order valence-corrected chi connectivity index (χ1v) is 19.0. The zero-order chi connectivity index (χ0) is 38.5. The van der Waals surface area contributed by atoms with Crippen molar-refractivity contribution < 1.29 is 48.9 Å². The van der Waals surface area contributed by atoms with E-state index >= 15 is 0 Å². The van der Waals surface area contributed by atoms with Crippen LogP contribution in [0.15, 0.2) is 0 Å². The topological polar surface area (TPSA) is 235 Å². The third kappa shape index (κ3) is 11.9. The van der Waals surface area contributed by atoms with Crippen molar-refractivity contribution in [2.45, 2.75) is 154 Å². The molecule has 3 fully saturated rings. The highest BCUT2D eigenvalue weighted by molar-refractivity contribution is 5.98. The number of aliphatic hydroxyl groups is 2. The van der Waals surface area contributed by atoms with Gasteiger partial charge in [-0.3, -0.25) is 33.6 Å². The van der Waals surface area contributed by atoms with Crippen molar-refractivity contribution >= 4 is 41.4 Å². The van der Waals surface area contributed by atoms with E-state index in [1.807, 2.05) is 13.8 Å². The number of nitrogens with zero attached hydrogens (tertiary/aromatic N) is 2. The average Bonchev–Trinajstić information content (AvgIpc) is 3.61. The van der Waals surface area contributed by atoms with Gasteiger partial charge in [0.25, 0.3) is 0 Å². The molecule has 2 heterocycles. The summed E-state index contributed by atoms with van der Waals surface area (Å²) in [6, 6.07) is -6.35. The highest BCUT2D eigenvalue weighted by Gasteiger charge is 2.43. The van der Waals surface area contributed by atoms with Gasteiger partial charge in [-0.25, -0.2) is 0 Å². The van der Waals surface area contributed by atoms with E-state index in [1.165, 1.54) is 30.1 Å². The molecule has 52 heavy (non-hydrogen) atoms. The normalized spacial score (nSPS) is 23.0. The Hall–Kier alpha value is -3.79. The number of carboxylic acids is 1. The average molecular weight is 737 g/mol. The minimum atomic E-state index is -1.58. The summed E-state index contributed by atoms with van der Waals surface area (Å²) < 4.78 is 0. The highest BCUT2D eigenvalue weighted by atomic mass is 16.4. The van der Waals surface area contributed by atoms with Crippen LogP contribution in [0.2, 0.25) is 0 Å². The van der Waals surface area contributed by atoms with Gasteiger partial charge in [-0.2, -0.15) is 0 Å². The minimum absolute atomic E-state index is 0.0907. The largest absolute Gasteiger partial charge is 0.481 e. The first-order chi connectivity index (χ1) is 24.7. The van der Waals surface area contributed by atoms with E-state index in [9.17, 15) is 48.9 Å². The lowest BCUT2D eigenvalue weighted by Crippen LogP contribution is -2.62. The number of carboxylic acid groups (broad SMARTS) is 1. The van der Waals surface area contributed by atoms with Crippen molar-refractivity contribution in [1.82, 2.24) is 31.1 Å². The number of aliphatic carboxylic acids is 1. The van der Waals surface area contributed by atoms with E-state index in [1.54, 1.807) is 0 Å². The van der Waals surface area contributed by atoms with Gasteiger partial charge in [0, 0.05) is 26.1 Å². The first-order valence-electron chi connectivity index (χ1n) is 19.0. The van der Waals surface area contributed by atoms with Gasteiger partial charge < -0.3 is 46.4 Å². The van der Waals surface area contributed by atoms with Crippen molar-refractivity contribution in [2.75, 3.05) is 19.6 Å². The zero-order valence-electron chi connectivity index (χ0n) is 31.1. The van der Waals surface area contributed by atoms with E-state index in [0.717, 1.165) is 25.7 Å². The Kier molecular flexibility index (Phi) is 16.8. The van der Waals surface area contributed by atoms with Crippen LogP contribution >= 0.6 is 0 Å². The van der Waals surface area contributed by atoms with Gasteiger partial charge >= 0.3 is 5.97 Å². The van der Waals surface area contributed by atoms with Crippen LogP contribution in [-0.2, 0) is 33.6 Å². The number of amides is 6. The second kappa shape index (κ2) is 20.5. The van der Waals surface area contributed by atoms with E-state index < -0.39 is 84.3 Å². The standard InChI is InChI=1S/C36H60N6O10/c1-5-16-37-34(50)30(22(3)43)40-33(49)27-15-11-18-41(27)35(51)25(20-29(46)47)38-32(48)26-14-9-10-17-42(26)36(52)31(23(4)44)39-28(45)19-21(2)24-12-7-6-8-13-24/h21-27,30-31,43-44H,5-20H2,1-4H3,(H,37,50)(H,38,48)(H,39,45)(H,40,49)(H,46,47)/t21-,22+,23+,25-,26-,27-,30-,31-/m0/s1. The fourth-order valence-electron chi connectivity index (χ4n) is 7.59. The lowest BCUT2D eigenvalue weighted by molar-refractivity contribution is -0.150. The molecule has 0 unspecified atom stereocenters. The predicted molar refractivity (Wildman–Crippen MR) is 189 cm³/mol. The van der Waals surface area contributed by atoms with Gasteiger partial charge in [0.05, 0.1) is 18.6 Å². The molecule has 7 N–H and O–H groups in total. The van der Waals surface area contributed by atoms with Crippen molar-refractivity contribution in [3.8, 4) is 0 Å². The molecular weight excluding hydrogens is 676 g/mol. The molecule has 6 amide bonds. The number of hydrogen-bond acceptors (Lipinski definition) is 9. The summed E-state index contributed by atoms with van der Waals surface area (Å²) in [5.74, 6) is -4.74. The molecule has 0 spiro atoms. The lowest BCUT2D eigenvalue weighted by atomic mass is 9.79. The van der Waals surface area contributed by atoms with Crippen LogP contribution in [0.1, 0.15) is 111 Å². The summed E-state index contributed by atoms with van der Waals surface area (Å²) in [4.78, 5) is 94.8. The van der Waals surface area contributed by atoms with Crippen LogP contribution in [0, 0.1) is 11.8 Å². The molecule has 2 aliphatic heterocycles. The molecule has 8 atom stereocenters. The first kappa shape index (κ1) is 42.6. The molecule has 16 heteroatoms. The maximum absolute atomic E-state index is 13.9. The van der Waals surface area contributed by atoms with E-state index in [0.29, 0.717) is 38.1 Å². The highest BCUT2D eigenvalue weighted by Crippen LogP contribution is 2.31. The summed E-state index contributed by atoms with van der Waals surface area (Å²) in [5.41, 5.74) is 0. The van der Waals surface area contributed by atoms with Gasteiger partial charge in [-0.1, -0.05) is 46.0 Å². The minimum Gasteiger partial charge on any atom is -0.481 e. The number of aliphatic hydroxyl groups excluding tert-OH is 2. The number of hydrogen-bond donors (Lipinski definition) is 7. The van der Waals surface area contributed by atoms with Gasteiger partial charge in [0.1, 0.15) is 30.2 Å². The fourth-order valence-corrected chi connectivity index (χ4v) is 7.59. The van der Waals surface area contributed by atoms with Crippen LogP contribution in [0.25, 0.3) is 0 Å². The number of carbonyl (C=O) groups excluding carboxylic acids is 6. The third-order valence-corrected chi connectivity index (χ3v) is 10.6. The number of nitrogens with one attached hydrogen (secondary N) is 4. The summed E-state index contributed by atoms with van der Waals surface area (Å²) in [6.45, 7) is 7.18. The van der Waals surface area contributed by atoms with Crippen LogP contribution in [0.4, 0.5) is 0 Å². The molecule has 0 bridgehead atoms. The van der Waals surface area contributed by atoms with Crippen LogP contribution < -0.4 is 21.3 Å². The second-order valence-electron chi connectivity index (χ2n) is 14.8. The Bertz CT molecular complexity index is 1270. The Labute approximate surface area is 306 Å². The molecule has 16 nitrogen and oxygen atoms in total. The Morgan fingerprint density at radius 1 is 0.673 bits per heavy atom. The van der Waals surface area contributed by atoms with E-state index in [2.05, 4.69) is 21.3 Å². The van der Waals surface area contributed by atoms with Gasteiger partial charge in [0.15, 0.2) is 0 Å². The van der Waals surface area contributed by atoms with Crippen molar-refractivity contribution in [3.05, 3.63) is 0 Å². The van der Waals surface area contributed by atoms with Gasteiger partial charge in [0.2, 0.25) is 35.4 Å². The van der Waals surface area contributed by atoms with Gasteiger partial charge in [-0.05, 0) is 64.2 Å². The van der Waals surface area contributed by atoms with Crippen LogP contribution in [0.3, 0.4) is 0 Å². The molecule has 3 rings (SSSR count). The molecule has 0 aromatic heterocycles. The van der Waals surface area contributed by atoms with E-state index in [4.69, 9.17) is 0 Å². The van der Waals surface area contributed by atoms with Crippen molar-refractivity contribution in [1.29, 1.82) is 0 Å². The predicted octanol–water partition coefficient (Wildman–Crippen LogP) is 0.182. The Balaban J connectivity index is 1.72. The molecule has 1 aliphatic carbocycles. The molecule has 3 aliphatic rings. The Morgan fingerprint density at radius 3 is 1.83 bits per heavy atom. The summed E-state index contributed by atoms with van der Waals surface area (Å²) in [5, 5.41) is 40.8. The molecule has 2 saturated heterocycles. The number of carbonyl (C=O) groups is 7. The summed E-state index contributed by atoms with van der Waals surface area (Å²) in [6.07, 6.45) is 5.02. The maximum atomic E-state index is 13.9. The number of rotatable bonds is 17. The zero-order valence-corrected chi connectivity index (χ0v) is 31.1. The summed E-state index contributed by atoms with van der Waals surface area (Å²) >= 11 is 0. The summed E-state index contributed by atoms with van der Waals surface area (Å²) in [7, 11) is 0. The second-order valence-corrected chi connectivity index (χ2v) is 14.8. The van der Waals surface area contributed by atoms with Crippen molar-refractivity contribution in [2.24, 2.45) is 11.8 Å². The SMILES string of the molecule is CCCNC(=O)[C@@H](NC(=O)[C@@H]1CCCN1C(=O)[C@H](CC(=O)O)NC(=O)[C@@H]1CCCCN1C(=O)[C@@H](NC(=O)C[C@H](C)C1CCCCC1)[C@@H](C)O)[C@@H](C)O. The maximum Gasteiger partial charge on any atom is 0.305 e. The molecule has 0 radical (unpaired) electrons. The fraction of sp³-hybridized carbons (Fsp3) is 0.806. The van der Waals surface area contributed by atoms with Crippen LogP contribution in [0.5, 0.6) is 0 Å². The third-order valence-electron chi connectivity index (χ3n) is 10.6. The van der Waals surface area contributed by atoms with Crippen LogP contribution in [-0.4, -0.2) is 129 Å². The van der Waals surface area contributed by atoms with E-state index in [-0.39, 0.29) is 44.2 Å². The monoisotopic (exact) mass is 736 g/mol. The smallest absolute Gasteiger partial charge is 0.305 e. The number of piperidine rings is 1. The molecule has 0 aromatic rings. The van der Waals surface area contributed by atoms with Gasteiger partial charge in [-0.15, -0.1) is 0 Å². The molecule has 0 aromatic carbocycles.